The Morgan fingerprint density at radius 3 is 2.48 bits per heavy atom. The SMILES string of the molecule is CCN(CC)CCNS(=O)(=O)c1cccc(C(C)NC)c1. The molecular weight excluding hydrogens is 286 g/mol. The zero-order valence-electron chi connectivity index (χ0n) is 13.4. The van der Waals surface area contributed by atoms with Gasteiger partial charge in [0.05, 0.1) is 4.90 Å². The van der Waals surface area contributed by atoms with E-state index in [2.05, 4.69) is 28.8 Å². The Labute approximate surface area is 128 Å². The quantitative estimate of drug-likeness (QED) is 0.727. The largest absolute Gasteiger partial charge is 0.313 e. The van der Waals surface area contributed by atoms with Crippen molar-refractivity contribution >= 4 is 10.0 Å². The lowest BCUT2D eigenvalue weighted by atomic mass is 10.1. The monoisotopic (exact) mass is 313 g/mol. The Hall–Kier alpha value is -0.950. The molecular formula is C15H27N3O2S. The highest BCUT2D eigenvalue weighted by molar-refractivity contribution is 7.89. The van der Waals surface area contributed by atoms with Gasteiger partial charge in [0.2, 0.25) is 10.0 Å². The van der Waals surface area contributed by atoms with E-state index in [0.29, 0.717) is 11.4 Å². The van der Waals surface area contributed by atoms with Crippen molar-refractivity contribution in [3.05, 3.63) is 29.8 Å². The molecule has 0 amide bonds. The van der Waals surface area contributed by atoms with E-state index in [0.717, 1.165) is 25.2 Å². The summed E-state index contributed by atoms with van der Waals surface area (Å²) in [5.41, 5.74) is 0.962. The Morgan fingerprint density at radius 2 is 1.90 bits per heavy atom. The lowest BCUT2D eigenvalue weighted by Crippen LogP contribution is -2.34. The molecule has 1 aromatic rings. The number of nitrogens with one attached hydrogen (secondary N) is 2. The molecule has 1 aromatic carbocycles. The number of likely N-dealkylation sites (N-methyl/N-ethyl adjacent to an activating group) is 1. The zero-order valence-corrected chi connectivity index (χ0v) is 14.2. The van der Waals surface area contributed by atoms with Crippen LogP contribution in [-0.2, 0) is 10.0 Å². The average molecular weight is 313 g/mol. The Morgan fingerprint density at radius 1 is 1.24 bits per heavy atom. The molecule has 0 heterocycles. The van der Waals surface area contributed by atoms with Crippen LogP contribution in [-0.4, -0.2) is 46.5 Å². The van der Waals surface area contributed by atoms with Gasteiger partial charge in [-0.2, -0.15) is 0 Å². The molecule has 2 N–H and O–H groups in total. The van der Waals surface area contributed by atoms with Crippen molar-refractivity contribution in [1.29, 1.82) is 0 Å². The van der Waals surface area contributed by atoms with Gasteiger partial charge in [0.15, 0.2) is 0 Å². The van der Waals surface area contributed by atoms with Crippen LogP contribution in [0.3, 0.4) is 0 Å². The van der Waals surface area contributed by atoms with Crippen LogP contribution in [0, 0.1) is 0 Å². The standard InChI is InChI=1S/C15H27N3O2S/c1-5-18(6-2)11-10-17-21(19,20)15-9-7-8-14(12-15)13(3)16-4/h7-9,12-13,16-17H,5-6,10-11H2,1-4H3. The summed E-state index contributed by atoms with van der Waals surface area (Å²) in [6, 6.07) is 7.18. The molecule has 1 atom stereocenters. The van der Waals surface area contributed by atoms with Crippen LogP contribution in [0.1, 0.15) is 32.4 Å². The molecule has 0 aliphatic carbocycles. The maximum absolute atomic E-state index is 12.3. The molecule has 6 heteroatoms. The molecule has 1 unspecified atom stereocenters. The predicted octanol–water partition coefficient (Wildman–Crippen LogP) is 1.59. The van der Waals surface area contributed by atoms with Gasteiger partial charge in [-0.3, -0.25) is 0 Å². The molecule has 0 aromatic heterocycles. The lowest BCUT2D eigenvalue weighted by molar-refractivity contribution is 0.309. The van der Waals surface area contributed by atoms with Crippen molar-refractivity contribution in [3.63, 3.8) is 0 Å². The summed E-state index contributed by atoms with van der Waals surface area (Å²) in [6.45, 7) is 9.14. The van der Waals surface area contributed by atoms with Crippen LogP contribution in [0.2, 0.25) is 0 Å². The van der Waals surface area contributed by atoms with Crippen molar-refractivity contribution in [3.8, 4) is 0 Å². The van der Waals surface area contributed by atoms with E-state index in [1.807, 2.05) is 20.0 Å². The van der Waals surface area contributed by atoms with Gasteiger partial charge < -0.3 is 10.2 Å². The summed E-state index contributed by atoms with van der Waals surface area (Å²) in [4.78, 5) is 2.50. The van der Waals surface area contributed by atoms with E-state index in [-0.39, 0.29) is 6.04 Å². The second-order valence-electron chi connectivity index (χ2n) is 5.01. The van der Waals surface area contributed by atoms with Crippen LogP contribution >= 0.6 is 0 Å². The number of benzene rings is 1. The third-order valence-electron chi connectivity index (χ3n) is 3.72. The van der Waals surface area contributed by atoms with Gasteiger partial charge >= 0.3 is 0 Å². The summed E-state index contributed by atoms with van der Waals surface area (Å²) in [6.07, 6.45) is 0. The van der Waals surface area contributed by atoms with Gasteiger partial charge in [0, 0.05) is 19.1 Å². The van der Waals surface area contributed by atoms with Crippen LogP contribution < -0.4 is 10.0 Å². The molecule has 0 spiro atoms. The zero-order chi connectivity index (χ0) is 15.9. The first-order valence-corrected chi connectivity index (χ1v) is 8.92. The maximum Gasteiger partial charge on any atom is 0.240 e. The molecule has 0 radical (unpaired) electrons. The minimum absolute atomic E-state index is 0.121. The number of hydrogen-bond donors (Lipinski definition) is 2. The number of nitrogens with zero attached hydrogens (tertiary/aromatic N) is 1. The van der Waals surface area contributed by atoms with Gasteiger partial charge in [-0.15, -0.1) is 0 Å². The highest BCUT2D eigenvalue weighted by Gasteiger charge is 2.15. The predicted molar refractivity (Wildman–Crippen MR) is 86.9 cm³/mol. The third kappa shape index (κ3) is 5.39. The fraction of sp³-hybridized carbons (Fsp3) is 0.600. The average Bonchev–Trinajstić information content (AvgIpc) is 2.51. The summed E-state index contributed by atoms with van der Waals surface area (Å²) in [5.74, 6) is 0. The summed E-state index contributed by atoms with van der Waals surface area (Å²) in [7, 11) is -1.59. The number of rotatable bonds is 9. The Kier molecular flexibility index (Phi) is 7.31. The van der Waals surface area contributed by atoms with E-state index < -0.39 is 10.0 Å². The maximum atomic E-state index is 12.3. The molecule has 5 nitrogen and oxygen atoms in total. The first kappa shape index (κ1) is 18.1. The lowest BCUT2D eigenvalue weighted by Gasteiger charge is -2.18. The molecule has 0 saturated carbocycles. The van der Waals surface area contributed by atoms with E-state index in [1.165, 1.54) is 0 Å². The Balaban J connectivity index is 2.74. The highest BCUT2D eigenvalue weighted by atomic mass is 32.2. The van der Waals surface area contributed by atoms with Crippen molar-refractivity contribution in [2.24, 2.45) is 0 Å². The fourth-order valence-corrected chi connectivity index (χ4v) is 3.15. The second kappa shape index (κ2) is 8.48. The minimum Gasteiger partial charge on any atom is -0.313 e. The van der Waals surface area contributed by atoms with Crippen LogP contribution in [0.15, 0.2) is 29.2 Å². The summed E-state index contributed by atoms with van der Waals surface area (Å²) >= 11 is 0. The topological polar surface area (TPSA) is 61.4 Å². The van der Waals surface area contributed by atoms with Crippen LogP contribution in [0.5, 0.6) is 0 Å². The minimum atomic E-state index is -3.44. The Bertz CT molecular complexity index is 527. The van der Waals surface area contributed by atoms with Crippen molar-refractivity contribution in [2.45, 2.75) is 31.7 Å². The van der Waals surface area contributed by atoms with Gasteiger partial charge in [-0.25, -0.2) is 13.1 Å². The van der Waals surface area contributed by atoms with Crippen molar-refractivity contribution in [1.82, 2.24) is 14.9 Å². The smallest absolute Gasteiger partial charge is 0.240 e. The highest BCUT2D eigenvalue weighted by Crippen LogP contribution is 2.16. The molecule has 1 rings (SSSR count). The van der Waals surface area contributed by atoms with Crippen molar-refractivity contribution < 1.29 is 8.42 Å². The summed E-state index contributed by atoms with van der Waals surface area (Å²) in [5, 5.41) is 3.11. The molecule has 0 aliphatic heterocycles. The second-order valence-corrected chi connectivity index (χ2v) is 6.77. The number of sulfonamides is 1. The van der Waals surface area contributed by atoms with Crippen LogP contribution in [0.4, 0.5) is 0 Å². The van der Waals surface area contributed by atoms with Gasteiger partial charge in [-0.1, -0.05) is 26.0 Å². The van der Waals surface area contributed by atoms with E-state index in [9.17, 15) is 8.42 Å². The molecule has 0 fully saturated rings. The molecule has 0 saturated heterocycles. The fourth-order valence-electron chi connectivity index (χ4n) is 2.08. The van der Waals surface area contributed by atoms with Crippen molar-refractivity contribution in [2.75, 3.05) is 33.2 Å². The first-order chi connectivity index (χ1) is 9.94. The van der Waals surface area contributed by atoms with Gasteiger partial charge in [0.1, 0.15) is 0 Å². The molecule has 21 heavy (non-hydrogen) atoms. The van der Waals surface area contributed by atoms with E-state index in [4.69, 9.17) is 0 Å². The van der Waals surface area contributed by atoms with Gasteiger partial charge in [-0.05, 0) is 44.8 Å². The first-order valence-electron chi connectivity index (χ1n) is 7.43. The third-order valence-corrected chi connectivity index (χ3v) is 5.17. The molecule has 120 valence electrons. The van der Waals surface area contributed by atoms with Gasteiger partial charge in [0.25, 0.3) is 0 Å². The molecule has 0 bridgehead atoms. The number of hydrogen-bond acceptors (Lipinski definition) is 4. The summed E-state index contributed by atoms with van der Waals surface area (Å²) < 4.78 is 27.3. The van der Waals surface area contributed by atoms with E-state index >= 15 is 0 Å². The van der Waals surface area contributed by atoms with Crippen LogP contribution in [0.25, 0.3) is 0 Å². The molecule has 0 aliphatic rings. The normalized spacial score (nSPS) is 13.6. The van der Waals surface area contributed by atoms with E-state index in [1.54, 1.807) is 18.2 Å².